The summed E-state index contributed by atoms with van der Waals surface area (Å²) in [5.41, 5.74) is 5.48. The molecule has 1 aliphatic rings. The number of allylic oxidation sites excluding steroid dienone is 5. The van der Waals surface area contributed by atoms with Crippen LogP contribution < -0.4 is 0 Å². The van der Waals surface area contributed by atoms with E-state index in [4.69, 9.17) is 0 Å². The third kappa shape index (κ3) is 2.87. The van der Waals surface area contributed by atoms with Gasteiger partial charge in [0.1, 0.15) is 0 Å². The highest BCUT2D eigenvalue weighted by molar-refractivity contribution is 5.37. The molecule has 0 atom stereocenters. The highest BCUT2D eigenvalue weighted by Crippen LogP contribution is 2.38. The van der Waals surface area contributed by atoms with E-state index in [1.165, 1.54) is 35.1 Å². The molecule has 0 nitrogen and oxygen atoms in total. The minimum Gasteiger partial charge on any atom is -0.0953 e. The van der Waals surface area contributed by atoms with Crippen LogP contribution in [0.5, 0.6) is 0 Å². The fourth-order valence-electron chi connectivity index (χ4n) is 1.32. The fraction of sp³-hybridized carbons (Fsp3) is 0.538. The first-order chi connectivity index (χ1) is 6.02. The van der Waals surface area contributed by atoms with E-state index >= 15 is 0 Å². The predicted molar refractivity (Wildman–Crippen MR) is 59.7 cm³/mol. The average Bonchev–Trinajstić information content (AvgIpc) is 2.85. The number of rotatable bonds is 3. The molecule has 1 rings (SSSR count). The Hall–Kier alpha value is -0.780. The Morgan fingerprint density at radius 3 is 2.08 bits per heavy atom. The Morgan fingerprint density at radius 2 is 1.69 bits per heavy atom. The highest BCUT2D eigenvalue weighted by atomic mass is 14.3. The Bertz CT molecular complexity index is 268. The summed E-state index contributed by atoms with van der Waals surface area (Å²) in [6.07, 6.45) is 4.95. The SMILES string of the molecule is C=C(/C(C)=C\C(C)=C(C)C)C1CC1. The van der Waals surface area contributed by atoms with Crippen molar-refractivity contribution in [3.8, 4) is 0 Å². The van der Waals surface area contributed by atoms with Gasteiger partial charge in [-0.1, -0.05) is 23.8 Å². The number of hydrogen-bond donors (Lipinski definition) is 0. The van der Waals surface area contributed by atoms with E-state index < -0.39 is 0 Å². The van der Waals surface area contributed by atoms with Crippen molar-refractivity contribution in [1.82, 2.24) is 0 Å². The van der Waals surface area contributed by atoms with Crippen LogP contribution >= 0.6 is 0 Å². The lowest BCUT2D eigenvalue weighted by molar-refractivity contribution is 1.02. The van der Waals surface area contributed by atoms with Crippen LogP contribution in [0.2, 0.25) is 0 Å². The normalized spacial score (nSPS) is 17.1. The topological polar surface area (TPSA) is 0 Å². The van der Waals surface area contributed by atoms with E-state index in [0.717, 1.165) is 5.92 Å². The molecule has 72 valence electrons. The van der Waals surface area contributed by atoms with E-state index in [1.807, 2.05) is 0 Å². The minimum atomic E-state index is 0.793. The van der Waals surface area contributed by atoms with Crippen molar-refractivity contribution in [1.29, 1.82) is 0 Å². The maximum absolute atomic E-state index is 4.14. The minimum absolute atomic E-state index is 0.793. The summed E-state index contributed by atoms with van der Waals surface area (Å²) in [6.45, 7) is 12.8. The molecule has 0 aromatic heterocycles. The lowest BCUT2D eigenvalue weighted by Gasteiger charge is -2.05. The van der Waals surface area contributed by atoms with Crippen LogP contribution in [0.15, 0.2) is 34.9 Å². The van der Waals surface area contributed by atoms with Gasteiger partial charge in [0.2, 0.25) is 0 Å². The van der Waals surface area contributed by atoms with Gasteiger partial charge in [-0.05, 0) is 57.6 Å². The van der Waals surface area contributed by atoms with Gasteiger partial charge in [0, 0.05) is 0 Å². The first-order valence-electron chi connectivity index (χ1n) is 5.04. The zero-order valence-corrected chi connectivity index (χ0v) is 9.28. The van der Waals surface area contributed by atoms with Crippen molar-refractivity contribution >= 4 is 0 Å². The summed E-state index contributed by atoms with van der Waals surface area (Å²) in [5, 5.41) is 0. The third-order valence-corrected chi connectivity index (χ3v) is 2.80. The molecule has 13 heavy (non-hydrogen) atoms. The third-order valence-electron chi connectivity index (χ3n) is 2.80. The van der Waals surface area contributed by atoms with Gasteiger partial charge >= 0.3 is 0 Å². The zero-order valence-electron chi connectivity index (χ0n) is 9.28. The average molecular weight is 176 g/mol. The molecule has 0 aromatic rings. The van der Waals surface area contributed by atoms with E-state index in [2.05, 4.69) is 40.3 Å². The number of hydrogen-bond acceptors (Lipinski definition) is 0. The van der Waals surface area contributed by atoms with Gasteiger partial charge in [-0.15, -0.1) is 0 Å². The molecule has 0 aromatic carbocycles. The Kier molecular flexibility index (Phi) is 3.13. The molecule has 0 saturated heterocycles. The van der Waals surface area contributed by atoms with Crippen LogP contribution in [0.4, 0.5) is 0 Å². The fourth-order valence-corrected chi connectivity index (χ4v) is 1.32. The molecule has 0 amide bonds. The van der Waals surface area contributed by atoms with E-state index in [1.54, 1.807) is 0 Å². The Morgan fingerprint density at radius 1 is 1.15 bits per heavy atom. The second-order valence-corrected chi connectivity index (χ2v) is 4.31. The van der Waals surface area contributed by atoms with Crippen molar-refractivity contribution in [2.75, 3.05) is 0 Å². The zero-order chi connectivity index (χ0) is 10.0. The molecule has 1 saturated carbocycles. The largest absolute Gasteiger partial charge is 0.0953 e. The Labute approximate surface area is 82.0 Å². The van der Waals surface area contributed by atoms with E-state index in [9.17, 15) is 0 Å². The summed E-state index contributed by atoms with van der Waals surface area (Å²) >= 11 is 0. The lowest BCUT2D eigenvalue weighted by Crippen LogP contribution is -1.87. The smallest absolute Gasteiger partial charge is 0.0165 e. The molecule has 0 bridgehead atoms. The molecule has 1 fully saturated rings. The first kappa shape index (κ1) is 10.3. The van der Waals surface area contributed by atoms with Crippen molar-refractivity contribution < 1.29 is 0 Å². The second-order valence-electron chi connectivity index (χ2n) is 4.31. The van der Waals surface area contributed by atoms with E-state index in [-0.39, 0.29) is 0 Å². The van der Waals surface area contributed by atoms with E-state index in [0.29, 0.717) is 0 Å². The van der Waals surface area contributed by atoms with Crippen molar-refractivity contribution in [2.45, 2.75) is 40.5 Å². The molecule has 0 spiro atoms. The van der Waals surface area contributed by atoms with Gasteiger partial charge < -0.3 is 0 Å². The molecule has 0 radical (unpaired) electrons. The quantitative estimate of drug-likeness (QED) is 0.564. The molecule has 0 aliphatic heterocycles. The molecule has 0 unspecified atom stereocenters. The highest BCUT2D eigenvalue weighted by Gasteiger charge is 2.24. The van der Waals surface area contributed by atoms with Gasteiger partial charge in [0.15, 0.2) is 0 Å². The summed E-state index contributed by atoms with van der Waals surface area (Å²) in [5.74, 6) is 0.793. The standard InChI is InChI=1S/C13H20/c1-9(2)10(3)8-11(4)12(5)13-6-7-13/h8,13H,5-7H2,1-4H3/b11-8-. The molecular formula is C13H20. The summed E-state index contributed by atoms with van der Waals surface area (Å²) in [6, 6.07) is 0. The van der Waals surface area contributed by atoms with Crippen LogP contribution in [-0.4, -0.2) is 0 Å². The maximum atomic E-state index is 4.14. The van der Waals surface area contributed by atoms with Crippen molar-refractivity contribution in [3.63, 3.8) is 0 Å². The molecular weight excluding hydrogens is 156 g/mol. The first-order valence-corrected chi connectivity index (χ1v) is 5.04. The summed E-state index contributed by atoms with van der Waals surface area (Å²) in [4.78, 5) is 0. The van der Waals surface area contributed by atoms with Gasteiger partial charge in [-0.3, -0.25) is 0 Å². The van der Waals surface area contributed by atoms with Crippen LogP contribution in [0, 0.1) is 5.92 Å². The lowest BCUT2D eigenvalue weighted by atomic mass is 10.0. The van der Waals surface area contributed by atoms with Gasteiger partial charge in [0.25, 0.3) is 0 Å². The van der Waals surface area contributed by atoms with Crippen LogP contribution in [0.1, 0.15) is 40.5 Å². The Balaban J connectivity index is 2.70. The monoisotopic (exact) mass is 176 g/mol. The predicted octanol–water partition coefficient (Wildman–Crippen LogP) is 4.26. The van der Waals surface area contributed by atoms with Crippen LogP contribution in [0.25, 0.3) is 0 Å². The second kappa shape index (κ2) is 3.95. The summed E-state index contributed by atoms with van der Waals surface area (Å²) < 4.78 is 0. The molecule has 0 heterocycles. The van der Waals surface area contributed by atoms with Crippen molar-refractivity contribution in [3.05, 3.63) is 34.9 Å². The van der Waals surface area contributed by atoms with Crippen LogP contribution in [0.3, 0.4) is 0 Å². The summed E-state index contributed by atoms with van der Waals surface area (Å²) in [7, 11) is 0. The van der Waals surface area contributed by atoms with Gasteiger partial charge in [-0.2, -0.15) is 0 Å². The van der Waals surface area contributed by atoms with Crippen LogP contribution in [-0.2, 0) is 0 Å². The van der Waals surface area contributed by atoms with Gasteiger partial charge in [-0.25, -0.2) is 0 Å². The maximum Gasteiger partial charge on any atom is -0.0165 e. The van der Waals surface area contributed by atoms with Gasteiger partial charge in [0.05, 0.1) is 0 Å². The van der Waals surface area contributed by atoms with Crippen molar-refractivity contribution in [2.24, 2.45) is 5.92 Å². The molecule has 1 aliphatic carbocycles. The molecule has 0 heteroatoms. The molecule has 0 N–H and O–H groups in total.